The van der Waals surface area contributed by atoms with Crippen LogP contribution in [0.25, 0.3) is 0 Å². The molecule has 2 fully saturated rings. The lowest BCUT2D eigenvalue weighted by molar-refractivity contribution is -0.120. The minimum atomic E-state index is 0.416. The summed E-state index contributed by atoms with van der Waals surface area (Å²) in [5.74, 6) is 2.56. The van der Waals surface area contributed by atoms with Crippen LogP contribution in [0.4, 0.5) is 0 Å². The second kappa shape index (κ2) is 2.83. The number of hydrogen-bond donors (Lipinski definition) is 0. The van der Waals surface area contributed by atoms with Crippen molar-refractivity contribution in [3.63, 3.8) is 0 Å². The van der Waals surface area contributed by atoms with Crippen LogP contribution < -0.4 is 0 Å². The van der Waals surface area contributed by atoms with E-state index in [1.54, 1.807) is 0 Å². The SMILES string of the molecule is CC(C)CC[C@@]1(C)[C@@H]2C(=O)CC[C@@H]21. The van der Waals surface area contributed by atoms with Crippen LogP contribution in [0.1, 0.15) is 46.5 Å². The highest BCUT2D eigenvalue weighted by atomic mass is 16.1. The van der Waals surface area contributed by atoms with Crippen molar-refractivity contribution in [3.05, 3.63) is 0 Å². The molecular formula is C12H20O. The van der Waals surface area contributed by atoms with Crippen LogP contribution >= 0.6 is 0 Å². The summed E-state index contributed by atoms with van der Waals surface area (Å²) in [6, 6.07) is 0. The minimum Gasteiger partial charge on any atom is -0.299 e. The summed E-state index contributed by atoms with van der Waals surface area (Å²) < 4.78 is 0. The number of rotatable bonds is 3. The lowest BCUT2D eigenvalue weighted by atomic mass is 9.89. The van der Waals surface area contributed by atoms with Crippen molar-refractivity contribution in [2.45, 2.75) is 46.5 Å². The fourth-order valence-corrected chi connectivity index (χ4v) is 3.14. The molecule has 0 aromatic heterocycles. The van der Waals surface area contributed by atoms with Crippen LogP contribution in [0.3, 0.4) is 0 Å². The maximum atomic E-state index is 11.5. The first-order valence-corrected chi connectivity index (χ1v) is 5.58. The Balaban J connectivity index is 1.91. The van der Waals surface area contributed by atoms with Crippen molar-refractivity contribution >= 4 is 5.78 Å². The van der Waals surface area contributed by atoms with Gasteiger partial charge in [-0.3, -0.25) is 4.79 Å². The quantitative estimate of drug-likeness (QED) is 0.652. The highest BCUT2D eigenvalue weighted by molar-refractivity contribution is 5.88. The minimum absolute atomic E-state index is 0.416. The molecule has 2 saturated carbocycles. The van der Waals surface area contributed by atoms with Gasteiger partial charge >= 0.3 is 0 Å². The van der Waals surface area contributed by atoms with Gasteiger partial charge in [0.15, 0.2) is 0 Å². The van der Waals surface area contributed by atoms with E-state index in [0.717, 1.165) is 18.3 Å². The van der Waals surface area contributed by atoms with Crippen LogP contribution in [-0.2, 0) is 4.79 Å². The van der Waals surface area contributed by atoms with Crippen molar-refractivity contribution in [1.29, 1.82) is 0 Å². The van der Waals surface area contributed by atoms with Crippen LogP contribution in [0, 0.1) is 23.2 Å². The first-order chi connectivity index (χ1) is 6.05. The molecule has 2 rings (SSSR count). The van der Waals surface area contributed by atoms with Crippen molar-refractivity contribution in [2.24, 2.45) is 23.2 Å². The fourth-order valence-electron chi connectivity index (χ4n) is 3.14. The van der Waals surface area contributed by atoms with E-state index in [2.05, 4.69) is 20.8 Å². The van der Waals surface area contributed by atoms with E-state index in [1.165, 1.54) is 19.3 Å². The van der Waals surface area contributed by atoms with Crippen molar-refractivity contribution in [1.82, 2.24) is 0 Å². The molecule has 0 spiro atoms. The summed E-state index contributed by atoms with van der Waals surface area (Å²) in [4.78, 5) is 11.5. The number of hydrogen-bond acceptors (Lipinski definition) is 1. The lowest BCUT2D eigenvalue weighted by Crippen LogP contribution is -2.10. The van der Waals surface area contributed by atoms with Gasteiger partial charge in [0.1, 0.15) is 5.78 Å². The van der Waals surface area contributed by atoms with E-state index in [9.17, 15) is 4.79 Å². The topological polar surface area (TPSA) is 17.1 Å². The molecule has 0 aliphatic heterocycles. The third-order valence-corrected chi connectivity index (χ3v) is 4.16. The number of carbonyl (C=O) groups excluding carboxylic acids is 1. The second-order valence-electron chi connectivity index (χ2n) is 5.53. The summed E-state index contributed by atoms with van der Waals surface area (Å²) in [6.07, 6.45) is 4.60. The molecule has 74 valence electrons. The van der Waals surface area contributed by atoms with Crippen molar-refractivity contribution in [3.8, 4) is 0 Å². The van der Waals surface area contributed by atoms with E-state index in [4.69, 9.17) is 0 Å². The second-order valence-corrected chi connectivity index (χ2v) is 5.53. The summed E-state index contributed by atoms with van der Waals surface area (Å²) in [5.41, 5.74) is 0.416. The zero-order chi connectivity index (χ0) is 9.64. The molecule has 1 heteroatoms. The summed E-state index contributed by atoms with van der Waals surface area (Å²) in [5, 5.41) is 0. The zero-order valence-corrected chi connectivity index (χ0v) is 8.97. The molecule has 0 N–H and O–H groups in total. The Kier molecular flexibility index (Phi) is 2.01. The van der Waals surface area contributed by atoms with Gasteiger partial charge in [0, 0.05) is 12.3 Å². The Hall–Kier alpha value is -0.330. The number of carbonyl (C=O) groups is 1. The molecule has 1 nitrogen and oxygen atoms in total. The smallest absolute Gasteiger partial charge is 0.136 e. The van der Waals surface area contributed by atoms with Crippen LogP contribution in [0.5, 0.6) is 0 Å². The van der Waals surface area contributed by atoms with Gasteiger partial charge in [-0.2, -0.15) is 0 Å². The molecule has 3 atom stereocenters. The van der Waals surface area contributed by atoms with E-state index in [0.29, 0.717) is 17.1 Å². The summed E-state index contributed by atoms with van der Waals surface area (Å²) in [7, 11) is 0. The molecule has 0 amide bonds. The summed E-state index contributed by atoms with van der Waals surface area (Å²) in [6.45, 7) is 6.86. The first-order valence-electron chi connectivity index (χ1n) is 5.58. The van der Waals surface area contributed by atoms with Gasteiger partial charge < -0.3 is 0 Å². The Bertz CT molecular complexity index is 231. The molecule has 0 unspecified atom stereocenters. The Morgan fingerprint density at radius 1 is 1.54 bits per heavy atom. The van der Waals surface area contributed by atoms with Gasteiger partial charge in [-0.1, -0.05) is 27.2 Å². The monoisotopic (exact) mass is 180 g/mol. The van der Waals surface area contributed by atoms with Crippen LogP contribution in [0.15, 0.2) is 0 Å². The average molecular weight is 180 g/mol. The van der Waals surface area contributed by atoms with Gasteiger partial charge in [0.2, 0.25) is 0 Å². The molecule has 0 aromatic carbocycles. The maximum absolute atomic E-state index is 11.5. The van der Waals surface area contributed by atoms with Gasteiger partial charge in [0.25, 0.3) is 0 Å². The third kappa shape index (κ3) is 1.33. The maximum Gasteiger partial charge on any atom is 0.136 e. The normalized spacial score (nSPS) is 42.6. The third-order valence-electron chi connectivity index (χ3n) is 4.16. The van der Waals surface area contributed by atoms with Gasteiger partial charge in [-0.05, 0) is 30.1 Å². The van der Waals surface area contributed by atoms with E-state index >= 15 is 0 Å². The molecule has 13 heavy (non-hydrogen) atoms. The molecule has 0 aromatic rings. The highest BCUT2D eigenvalue weighted by Gasteiger charge is 2.66. The Labute approximate surface area is 80.9 Å². The lowest BCUT2D eigenvalue weighted by Gasteiger charge is -2.15. The van der Waals surface area contributed by atoms with Crippen molar-refractivity contribution < 1.29 is 4.79 Å². The Morgan fingerprint density at radius 2 is 2.23 bits per heavy atom. The molecule has 0 saturated heterocycles. The van der Waals surface area contributed by atoms with Gasteiger partial charge in [-0.15, -0.1) is 0 Å². The average Bonchev–Trinajstić information content (AvgIpc) is 2.39. The highest BCUT2D eigenvalue weighted by Crippen LogP contribution is 2.67. The van der Waals surface area contributed by atoms with Crippen LogP contribution in [0.2, 0.25) is 0 Å². The largest absolute Gasteiger partial charge is 0.299 e. The van der Waals surface area contributed by atoms with E-state index < -0.39 is 0 Å². The molecule has 0 bridgehead atoms. The number of fused-ring (bicyclic) bond motifs is 1. The molecule has 0 heterocycles. The van der Waals surface area contributed by atoms with Gasteiger partial charge in [0.05, 0.1) is 0 Å². The molecule has 2 aliphatic rings. The summed E-state index contributed by atoms with van der Waals surface area (Å²) >= 11 is 0. The number of Topliss-reactive ketones (excluding diaryl/α,β-unsaturated/α-hetero) is 1. The first kappa shape index (κ1) is 9.23. The Morgan fingerprint density at radius 3 is 2.69 bits per heavy atom. The van der Waals surface area contributed by atoms with Crippen LogP contribution in [-0.4, -0.2) is 5.78 Å². The number of ketones is 1. The predicted octanol–water partition coefficient (Wildman–Crippen LogP) is 3.04. The zero-order valence-electron chi connectivity index (χ0n) is 8.97. The van der Waals surface area contributed by atoms with Gasteiger partial charge in [-0.25, -0.2) is 0 Å². The van der Waals surface area contributed by atoms with Crippen molar-refractivity contribution in [2.75, 3.05) is 0 Å². The molecule has 0 radical (unpaired) electrons. The standard InChI is InChI=1S/C12H20O/c1-8(2)6-7-12(3)9-4-5-10(13)11(9)12/h8-9,11H,4-7H2,1-3H3/t9-,11-,12+/m0/s1. The molecular weight excluding hydrogens is 160 g/mol. The van der Waals surface area contributed by atoms with E-state index in [-0.39, 0.29) is 0 Å². The predicted molar refractivity (Wildman–Crippen MR) is 53.4 cm³/mol. The fraction of sp³-hybridized carbons (Fsp3) is 0.917. The van der Waals surface area contributed by atoms with E-state index in [1.807, 2.05) is 0 Å². The molecule has 2 aliphatic carbocycles.